The molecule has 1 aliphatic carbocycles. The molecule has 2 aromatic rings. The number of amides is 1. The van der Waals surface area contributed by atoms with Crippen LogP contribution in [0, 0.1) is 0 Å². The number of aromatic nitrogens is 2. The van der Waals surface area contributed by atoms with Crippen molar-refractivity contribution in [3.05, 3.63) is 41.1 Å². The Hall–Kier alpha value is -3.00. The monoisotopic (exact) mass is 417 g/mol. The first-order chi connectivity index (χ1) is 14.1. The molecule has 29 heavy (non-hydrogen) atoms. The third-order valence-corrected chi connectivity index (χ3v) is 5.10. The van der Waals surface area contributed by atoms with Crippen LogP contribution >= 0.6 is 11.6 Å². The van der Waals surface area contributed by atoms with Gasteiger partial charge in [-0.1, -0.05) is 24.4 Å². The number of hydrogen-bond acceptors (Lipinski definition) is 6. The van der Waals surface area contributed by atoms with Crippen LogP contribution in [0.5, 0.6) is 11.5 Å². The minimum atomic E-state index is -0.641. The summed E-state index contributed by atoms with van der Waals surface area (Å²) in [5.41, 5.74) is 0.654. The van der Waals surface area contributed by atoms with Crippen molar-refractivity contribution in [3.63, 3.8) is 0 Å². The number of halogens is 1. The summed E-state index contributed by atoms with van der Waals surface area (Å²) in [5, 5.41) is 7.43. The van der Waals surface area contributed by atoms with Crippen molar-refractivity contribution in [2.24, 2.45) is 0 Å². The van der Waals surface area contributed by atoms with Gasteiger partial charge in [-0.25, -0.2) is 9.48 Å². The molecule has 0 unspecified atom stereocenters. The van der Waals surface area contributed by atoms with Crippen LogP contribution in [0.25, 0.3) is 6.08 Å². The SMILES string of the molecule is O=C(COC(=O)/C=C/c1cc(Cl)c2c(c1)OCO2)Nc1ccnn1C1CCCC1. The maximum atomic E-state index is 12.1. The fourth-order valence-corrected chi connectivity index (χ4v) is 3.74. The zero-order valence-electron chi connectivity index (χ0n) is 15.6. The predicted molar refractivity (Wildman–Crippen MR) is 106 cm³/mol. The number of benzene rings is 1. The molecular weight excluding hydrogens is 398 g/mol. The van der Waals surface area contributed by atoms with Crippen LogP contribution in [-0.4, -0.2) is 35.1 Å². The van der Waals surface area contributed by atoms with E-state index >= 15 is 0 Å². The van der Waals surface area contributed by atoms with Gasteiger partial charge in [-0.15, -0.1) is 0 Å². The van der Waals surface area contributed by atoms with E-state index in [4.69, 9.17) is 25.8 Å². The van der Waals surface area contributed by atoms with Crippen LogP contribution in [0.15, 0.2) is 30.5 Å². The maximum absolute atomic E-state index is 12.1. The molecule has 4 rings (SSSR count). The first kappa shape index (κ1) is 19.3. The lowest BCUT2D eigenvalue weighted by Gasteiger charge is -2.14. The van der Waals surface area contributed by atoms with E-state index in [0.717, 1.165) is 25.7 Å². The molecule has 1 aromatic carbocycles. The summed E-state index contributed by atoms with van der Waals surface area (Å²) in [5.74, 6) is 0.558. The fourth-order valence-electron chi connectivity index (χ4n) is 3.46. The summed E-state index contributed by atoms with van der Waals surface area (Å²) < 4.78 is 17.4. The lowest BCUT2D eigenvalue weighted by atomic mass is 10.2. The van der Waals surface area contributed by atoms with Crippen molar-refractivity contribution in [1.82, 2.24) is 9.78 Å². The van der Waals surface area contributed by atoms with Gasteiger partial charge in [-0.05, 0) is 36.6 Å². The van der Waals surface area contributed by atoms with Crippen LogP contribution in [0.1, 0.15) is 37.3 Å². The van der Waals surface area contributed by atoms with Gasteiger partial charge in [0.1, 0.15) is 5.82 Å². The molecule has 2 aliphatic rings. The fraction of sp³-hybridized carbons (Fsp3) is 0.350. The lowest BCUT2D eigenvalue weighted by molar-refractivity contribution is -0.142. The highest BCUT2D eigenvalue weighted by Crippen LogP contribution is 2.40. The Balaban J connectivity index is 1.29. The van der Waals surface area contributed by atoms with Gasteiger partial charge in [0.25, 0.3) is 5.91 Å². The van der Waals surface area contributed by atoms with Crippen molar-refractivity contribution in [2.45, 2.75) is 31.7 Å². The second kappa shape index (κ2) is 8.57. The Morgan fingerprint density at radius 2 is 2.14 bits per heavy atom. The molecular formula is C20H20ClN3O5. The average molecular weight is 418 g/mol. The third-order valence-electron chi connectivity index (χ3n) is 4.82. The summed E-state index contributed by atoms with van der Waals surface area (Å²) >= 11 is 6.11. The number of esters is 1. The zero-order chi connectivity index (χ0) is 20.2. The van der Waals surface area contributed by atoms with Crippen molar-refractivity contribution < 1.29 is 23.8 Å². The van der Waals surface area contributed by atoms with Crippen molar-refractivity contribution in [1.29, 1.82) is 0 Å². The summed E-state index contributed by atoms with van der Waals surface area (Å²) in [6.07, 6.45) is 8.83. The summed E-state index contributed by atoms with van der Waals surface area (Å²) in [6.45, 7) is -0.278. The summed E-state index contributed by atoms with van der Waals surface area (Å²) in [7, 11) is 0. The molecule has 1 aromatic heterocycles. The van der Waals surface area contributed by atoms with E-state index in [1.165, 1.54) is 12.2 Å². The van der Waals surface area contributed by atoms with Crippen molar-refractivity contribution in [2.75, 3.05) is 18.7 Å². The van der Waals surface area contributed by atoms with Crippen molar-refractivity contribution >= 4 is 35.4 Å². The zero-order valence-corrected chi connectivity index (χ0v) is 16.4. The molecule has 1 amide bonds. The molecule has 1 aliphatic heterocycles. The molecule has 1 N–H and O–H groups in total. The second-order valence-corrected chi connectivity index (χ2v) is 7.23. The van der Waals surface area contributed by atoms with E-state index in [-0.39, 0.29) is 13.4 Å². The van der Waals surface area contributed by atoms with Gasteiger partial charge in [0.15, 0.2) is 18.1 Å². The number of fused-ring (bicyclic) bond motifs is 1. The minimum absolute atomic E-state index is 0.110. The topological polar surface area (TPSA) is 91.7 Å². The van der Waals surface area contributed by atoms with E-state index in [9.17, 15) is 9.59 Å². The Bertz CT molecular complexity index is 950. The molecule has 0 saturated heterocycles. The summed E-state index contributed by atoms with van der Waals surface area (Å²) in [6, 6.07) is 5.39. The van der Waals surface area contributed by atoms with E-state index in [0.29, 0.717) is 33.9 Å². The maximum Gasteiger partial charge on any atom is 0.331 e. The smallest absolute Gasteiger partial charge is 0.331 e. The number of hydrogen-bond donors (Lipinski definition) is 1. The molecule has 1 saturated carbocycles. The van der Waals surface area contributed by atoms with Gasteiger partial charge < -0.3 is 19.5 Å². The van der Waals surface area contributed by atoms with E-state index in [1.54, 1.807) is 24.4 Å². The molecule has 1 fully saturated rings. The van der Waals surface area contributed by atoms with Gasteiger partial charge in [0.2, 0.25) is 6.79 Å². The standard InChI is InChI=1S/C20H20ClN3O5/c21-15-9-13(10-16-20(15)29-12-28-16)5-6-19(26)27-11-18(25)23-17-7-8-22-24(17)14-3-1-2-4-14/h5-10,14H,1-4,11-12H2,(H,23,25)/b6-5+. The minimum Gasteiger partial charge on any atom is -0.454 e. The normalized spacial score (nSPS) is 15.8. The number of rotatable bonds is 6. The van der Waals surface area contributed by atoms with E-state index < -0.39 is 11.9 Å². The number of anilines is 1. The average Bonchev–Trinajstić information content (AvgIpc) is 3.45. The molecule has 0 radical (unpaired) electrons. The van der Waals surface area contributed by atoms with Gasteiger partial charge in [-0.3, -0.25) is 4.79 Å². The quantitative estimate of drug-likeness (QED) is 0.570. The molecule has 0 bridgehead atoms. The molecule has 9 heteroatoms. The van der Waals surface area contributed by atoms with Crippen LogP contribution < -0.4 is 14.8 Å². The number of carbonyl (C=O) groups is 2. The number of nitrogens with zero attached hydrogens (tertiary/aromatic N) is 2. The molecule has 0 atom stereocenters. The van der Waals surface area contributed by atoms with E-state index in [1.807, 2.05) is 4.68 Å². The highest BCUT2D eigenvalue weighted by molar-refractivity contribution is 6.32. The molecule has 152 valence electrons. The van der Waals surface area contributed by atoms with Gasteiger partial charge in [0, 0.05) is 12.1 Å². The van der Waals surface area contributed by atoms with Crippen LogP contribution in [0.4, 0.5) is 5.82 Å². The largest absolute Gasteiger partial charge is 0.454 e. The van der Waals surface area contributed by atoms with Gasteiger partial charge in [0.05, 0.1) is 17.3 Å². The Morgan fingerprint density at radius 3 is 2.97 bits per heavy atom. The Morgan fingerprint density at radius 1 is 1.31 bits per heavy atom. The van der Waals surface area contributed by atoms with E-state index in [2.05, 4.69) is 10.4 Å². The van der Waals surface area contributed by atoms with Crippen LogP contribution in [-0.2, 0) is 14.3 Å². The van der Waals surface area contributed by atoms with Crippen LogP contribution in [0.2, 0.25) is 5.02 Å². The van der Waals surface area contributed by atoms with Crippen LogP contribution in [0.3, 0.4) is 0 Å². The first-order valence-corrected chi connectivity index (χ1v) is 9.75. The molecule has 8 nitrogen and oxygen atoms in total. The Labute approximate surface area is 172 Å². The molecule has 0 spiro atoms. The summed E-state index contributed by atoms with van der Waals surface area (Å²) in [4.78, 5) is 24.0. The number of ether oxygens (including phenoxy) is 3. The number of carbonyl (C=O) groups excluding carboxylic acids is 2. The molecule has 2 heterocycles. The highest BCUT2D eigenvalue weighted by atomic mass is 35.5. The number of nitrogens with one attached hydrogen (secondary N) is 1. The lowest BCUT2D eigenvalue weighted by Crippen LogP contribution is -2.22. The first-order valence-electron chi connectivity index (χ1n) is 9.37. The third kappa shape index (κ3) is 4.54. The second-order valence-electron chi connectivity index (χ2n) is 6.83. The van der Waals surface area contributed by atoms with Gasteiger partial charge in [-0.2, -0.15) is 5.10 Å². The van der Waals surface area contributed by atoms with Gasteiger partial charge >= 0.3 is 5.97 Å². The van der Waals surface area contributed by atoms with Crippen molar-refractivity contribution in [3.8, 4) is 11.5 Å². The highest BCUT2D eigenvalue weighted by Gasteiger charge is 2.21. The predicted octanol–water partition coefficient (Wildman–Crippen LogP) is 3.58. The Kier molecular flexibility index (Phi) is 5.71.